The molecule has 1 heterocycles. The van der Waals surface area contributed by atoms with Gasteiger partial charge in [-0.1, -0.05) is 60.7 Å². The van der Waals surface area contributed by atoms with E-state index in [4.69, 9.17) is 4.42 Å². The van der Waals surface area contributed by atoms with Gasteiger partial charge in [0.2, 0.25) is 0 Å². The summed E-state index contributed by atoms with van der Waals surface area (Å²) >= 11 is 2.36. The fourth-order valence-corrected chi connectivity index (χ4v) is 3.38. The second-order valence-corrected chi connectivity index (χ2v) is 6.75. The molecular formula is C21H15IO. The Morgan fingerprint density at radius 2 is 1.35 bits per heavy atom. The summed E-state index contributed by atoms with van der Waals surface area (Å²) in [5, 5.41) is 1.17. The standard InChI is InChI=1S/C21H15IO/c1-14-18(22)13-12-17-19(15-8-4-2-5-9-15)21(23-20(14)17)16-10-6-3-7-11-16/h2-13H,1H3. The van der Waals surface area contributed by atoms with Crippen LogP contribution in [0.3, 0.4) is 0 Å². The first-order valence-electron chi connectivity index (χ1n) is 7.58. The van der Waals surface area contributed by atoms with Crippen LogP contribution in [0.25, 0.3) is 33.4 Å². The van der Waals surface area contributed by atoms with Crippen LogP contribution in [-0.2, 0) is 0 Å². The van der Waals surface area contributed by atoms with Crippen molar-refractivity contribution in [1.82, 2.24) is 0 Å². The van der Waals surface area contributed by atoms with Gasteiger partial charge in [0.15, 0.2) is 0 Å². The van der Waals surface area contributed by atoms with Gasteiger partial charge in [0, 0.05) is 25.6 Å². The van der Waals surface area contributed by atoms with E-state index in [0.717, 1.165) is 16.9 Å². The highest BCUT2D eigenvalue weighted by atomic mass is 127. The van der Waals surface area contributed by atoms with Crippen LogP contribution in [0.15, 0.2) is 77.2 Å². The van der Waals surface area contributed by atoms with E-state index in [-0.39, 0.29) is 0 Å². The Morgan fingerprint density at radius 3 is 2.00 bits per heavy atom. The SMILES string of the molecule is Cc1c(I)ccc2c(-c3ccccc3)c(-c3ccccc3)oc12. The molecule has 0 aliphatic rings. The van der Waals surface area contributed by atoms with Crippen LogP contribution in [-0.4, -0.2) is 0 Å². The van der Waals surface area contributed by atoms with Crippen LogP contribution in [0.2, 0.25) is 0 Å². The van der Waals surface area contributed by atoms with Crippen molar-refractivity contribution in [2.75, 3.05) is 0 Å². The first-order valence-corrected chi connectivity index (χ1v) is 8.66. The fraction of sp³-hybridized carbons (Fsp3) is 0.0476. The molecule has 0 atom stereocenters. The summed E-state index contributed by atoms with van der Waals surface area (Å²) in [5.74, 6) is 0.942. The maximum absolute atomic E-state index is 6.35. The molecule has 2 heteroatoms. The highest BCUT2D eigenvalue weighted by Crippen LogP contribution is 2.42. The van der Waals surface area contributed by atoms with Gasteiger partial charge in [-0.3, -0.25) is 0 Å². The third-order valence-corrected chi connectivity index (χ3v) is 5.31. The molecule has 4 aromatic rings. The zero-order chi connectivity index (χ0) is 15.8. The van der Waals surface area contributed by atoms with E-state index in [1.165, 1.54) is 25.6 Å². The van der Waals surface area contributed by atoms with Gasteiger partial charge in [-0.05, 0) is 47.2 Å². The lowest BCUT2D eigenvalue weighted by Crippen LogP contribution is -1.82. The van der Waals surface area contributed by atoms with Crippen LogP contribution in [0.5, 0.6) is 0 Å². The summed E-state index contributed by atoms with van der Waals surface area (Å²) in [4.78, 5) is 0. The van der Waals surface area contributed by atoms with Crippen LogP contribution in [0.1, 0.15) is 5.56 Å². The Bertz CT molecular complexity index is 969. The molecule has 112 valence electrons. The molecule has 0 saturated carbocycles. The van der Waals surface area contributed by atoms with Crippen LogP contribution in [0.4, 0.5) is 0 Å². The lowest BCUT2D eigenvalue weighted by atomic mass is 9.98. The lowest BCUT2D eigenvalue weighted by molar-refractivity contribution is 0.629. The quantitative estimate of drug-likeness (QED) is 0.336. The van der Waals surface area contributed by atoms with Crippen LogP contribution >= 0.6 is 22.6 Å². The molecular weight excluding hydrogens is 395 g/mol. The maximum atomic E-state index is 6.35. The second-order valence-electron chi connectivity index (χ2n) is 5.59. The average molecular weight is 410 g/mol. The summed E-state index contributed by atoms with van der Waals surface area (Å²) in [5.41, 5.74) is 5.64. The third-order valence-electron chi connectivity index (χ3n) is 4.14. The van der Waals surface area contributed by atoms with Gasteiger partial charge in [0.05, 0.1) is 0 Å². The topological polar surface area (TPSA) is 13.1 Å². The zero-order valence-electron chi connectivity index (χ0n) is 12.7. The van der Waals surface area contributed by atoms with Crippen molar-refractivity contribution in [3.63, 3.8) is 0 Å². The van der Waals surface area contributed by atoms with Gasteiger partial charge in [-0.15, -0.1) is 0 Å². The molecule has 0 unspecified atom stereocenters. The van der Waals surface area contributed by atoms with E-state index in [1.54, 1.807) is 0 Å². The Kier molecular flexibility index (Phi) is 3.69. The highest BCUT2D eigenvalue weighted by Gasteiger charge is 2.19. The molecule has 4 rings (SSSR count). The molecule has 0 radical (unpaired) electrons. The Hall–Kier alpha value is -2.07. The normalized spacial score (nSPS) is 11.0. The number of aryl methyl sites for hydroxylation is 1. The lowest BCUT2D eigenvalue weighted by Gasteiger charge is -2.04. The van der Waals surface area contributed by atoms with Crippen molar-refractivity contribution >= 4 is 33.6 Å². The van der Waals surface area contributed by atoms with Crippen molar-refractivity contribution < 1.29 is 4.42 Å². The molecule has 0 N–H and O–H groups in total. The number of hydrogen-bond donors (Lipinski definition) is 0. The minimum Gasteiger partial charge on any atom is -0.455 e. The Balaban J connectivity index is 2.11. The van der Waals surface area contributed by atoms with Gasteiger partial charge in [-0.25, -0.2) is 0 Å². The molecule has 0 spiro atoms. The molecule has 0 amide bonds. The van der Waals surface area contributed by atoms with E-state index < -0.39 is 0 Å². The van der Waals surface area contributed by atoms with Crippen molar-refractivity contribution in [1.29, 1.82) is 0 Å². The molecule has 0 aliphatic carbocycles. The smallest absolute Gasteiger partial charge is 0.143 e. The Labute approximate surface area is 149 Å². The van der Waals surface area contributed by atoms with Gasteiger partial charge in [0.1, 0.15) is 11.3 Å². The van der Waals surface area contributed by atoms with Gasteiger partial charge >= 0.3 is 0 Å². The van der Waals surface area contributed by atoms with Crippen molar-refractivity contribution in [2.24, 2.45) is 0 Å². The van der Waals surface area contributed by atoms with Crippen molar-refractivity contribution in [2.45, 2.75) is 6.92 Å². The minimum atomic E-state index is 0.942. The first kappa shape index (κ1) is 14.5. The molecule has 0 bridgehead atoms. The average Bonchev–Trinajstić information content (AvgIpc) is 3.00. The molecule has 3 aromatic carbocycles. The van der Waals surface area contributed by atoms with E-state index >= 15 is 0 Å². The predicted molar refractivity (Wildman–Crippen MR) is 105 cm³/mol. The molecule has 1 aromatic heterocycles. The second kappa shape index (κ2) is 5.85. The number of benzene rings is 3. The first-order chi connectivity index (χ1) is 11.3. The predicted octanol–water partition coefficient (Wildman–Crippen LogP) is 6.68. The Morgan fingerprint density at radius 1 is 0.739 bits per heavy atom. The van der Waals surface area contributed by atoms with E-state index in [0.29, 0.717) is 0 Å². The van der Waals surface area contributed by atoms with E-state index in [9.17, 15) is 0 Å². The number of fused-ring (bicyclic) bond motifs is 1. The summed E-state index contributed by atoms with van der Waals surface area (Å²) < 4.78 is 7.57. The summed E-state index contributed by atoms with van der Waals surface area (Å²) in [6.45, 7) is 2.12. The molecule has 23 heavy (non-hydrogen) atoms. The molecule has 1 nitrogen and oxygen atoms in total. The third kappa shape index (κ3) is 2.47. The maximum Gasteiger partial charge on any atom is 0.143 e. The molecule has 0 saturated heterocycles. The summed E-state index contributed by atoms with van der Waals surface area (Å²) in [6.07, 6.45) is 0. The fourth-order valence-electron chi connectivity index (χ4n) is 2.96. The van der Waals surface area contributed by atoms with Gasteiger partial charge in [-0.2, -0.15) is 0 Å². The van der Waals surface area contributed by atoms with E-state index in [1.807, 2.05) is 24.3 Å². The largest absolute Gasteiger partial charge is 0.455 e. The number of furan rings is 1. The number of rotatable bonds is 2. The molecule has 0 aliphatic heterocycles. The van der Waals surface area contributed by atoms with E-state index in [2.05, 4.69) is 78.0 Å². The van der Waals surface area contributed by atoms with Crippen molar-refractivity contribution in [3.05, 3.63) is 81.9 Å². The zero-order valence-corrected chi connectivity index (χ0v) is 14.9. The minimum absolute atomic E-state index is 0.942. The number of halogens is 1. The van der Waals surface area contributed by atoms with Gasteiger partial charge in [0.25, 0.3) is 0 Å². The summed E-state index contributed by atoms with van der Waals surface area (Å²) in [6, 6.07) is 25.1. The molecule has 0 fully saturated rings. The number of hydrogen-bond acceptors (Lipinski definition) is 1. The van der Waals surface area contributed by atoms with Crippen molar-refractivity contribution in [3.8, 4) is 22.5 Å². The summed E-state index contributed by atoms with van der Waals surface area (Å²) in [7, 11) is 0. The van der Waals surface area contributed by atoms with Gasteiger partial charge < -0.3 is 4.42 Å². The van der Waals surface area contributed by atoms with Crippen LogP contribution in [0, 0.1) is 10.5 Å². The highest BCUT2D eigenvalue weighted by molar-refractivity contribution is 14.1. The monoisotopic (exact) mass is 410 g/mol. The van der Waals surface area contributed by atoms with Crippen LogP contribution < -0.4 is 0 Å².